The zero-order chi connectivity index (χ0) is 15.5. The topological polar surface area (TPSA) is 46.6 Å². The molecule has 1 fully saturated rings. The maximum atomic E-state index is 12.5. The molecular formula is C13H16BrCl2NO3S. The van der Waals surface area contributed by atoms with Crippen molar-refractivity contribution in [2.24, 2.45) is 0 Å². The molecule has 1 saturated heterocycles. The Hall–Kier alpha value is 0.150. The molecule has 0 radical (unpaired) electrons. The van der Waals surface area contributed by atoms with Crippen LogP contribution in [-0.4, -0.2) is 43.9 Å². The van der Waals surface area contributed by atoms with E-state index in [1.165, 1.54) is 22.5 Å². The van der Waals surface area contributed by atoms with E-state index in [0.717, 1.165) is 5.33 Å². The Kier molecular flexibility index (Phi) is 6.35. The predicted octanol–water partition coefficient (Wildman–Crippen LogP) is 3.56. The van der Waals surface area contributed by atoms with Crippen LogP contribution in [0.1, 0.15) is 12.8 Å². The molecule has 2 rings (SSSR count). The van der Waals surface area contributed by atoms with Crippen LogP contribution in [0.5, 0.6) is 0 Å². The van der Waals surface area contributed by atoms with E-state index in [0.29, 0.717) is 37.6 Å². The van der Waals surface area contributed by atoms with Crippen molar-refractivity contribution >= 4 is 49.2 Å². The van der Waals surface area contributed by atoms with E-state index in [2.05, 4.69) is 15.9 Å². The lowest BCUT2D eigenvalue weighted by Crippen LogP contribution is -2.41. The van der Waals surface area contributed by atoms with Crippen molar-refractivity contribution in [2.75, 3.05) is 25.0 Å². The Bertz CT molecular complexity index is 589. The molecule has 0 unspecified atom stereocenters. The van der Waals surface area contributed by atoms with E-state index in [4.69, 9.17) is 27.9 Å². The summed E-state index contributed by atoms with van der Waals surface area (Å²) in [5, 5.41) is 1.38. The molecule has 118 valence electrons. The van der Waals surface area contributed by atoms with Gasteiger partial charge in [0.2, 0.25) is 10.0 Å². The number of halogens is 3. The summed E-state index contributed by atoms with van der Waals surface area (Å²) in [5.74, 6) is 0. The van der Waals surface area contributed by atoms with Crippen LogP contribution in [0.15, 0.2) is 23.1 Å². The van der Waals surface area contributed by atoms with E-state index in [-0.39, 0.29) is 16.0 Å². The summed E-state index contributed by atoms with van der Waals surface area (Å²) in [6, 6.07) is 4.38. The summed E-state index contributed by atoms with van der Waals surface area (Å²) in [5.41, 5.74) is 0. The van der Waals surface area contributed by atoms with Gasteiger partial charge < -0.3 is 4.74 Å². The minimum atomic E-state index is -3.52. The van der Waals surface area contributed by atoms with E-state index in [1.54, 1.807) is 0 Å². The highest BCUT2D eigenvalue weighted by atomic mass is 79.9. The summed E-state index contributed by atoms with van der Waals surface area (Å²) in [7, 11) is -3.52. The van der Waals surface area contributed by atoms with Gasteiger partial charge in [0.1, 0.15) is 0 Å². The van der Waals surface area contributed by atoms with Crippen molar-refractivity contribution in [3.05, 3.63) is 28.2 Å². The maximum absolute atomic E-state index is 12.5. The minimum absolute atomic E-state index is 0.128. The van der Waals surface area contributed by atoms with E-state index < -0.39 is 10.0 Å². The monoisotopic (exact) mass is 415 g/mol. The molecule has 0 amide bonds. The van der Waals surface area contributed by atoms with Gasteiger partial charge in [-0.15, -0.1) is 0 Å². The third-order valence-electron chi connectivity index (χ3n) is 3.36. The summed E-state index contributed by atoms with van der Waals surface area (Å²) in [6.45, 7) is 1.55. The first kappa shape index (κ1) is 17.5. The van der Waals surface area contributed by atoms with E-state index >= 15 is 0 Å². The Morgan fingerprint density at radius 2 is 1.90 bits per heavy atom. The average Bonchev–Trinajstić information content (AvgIpc) is 2.48. The number of hydrogen-bond acceptors (Lipinski definition) is 3. The molecule has 0 aliphatic carbocycles. The average molecular weight is 417 g/mol. The van der Waals surface area contributed by atoms with Crippen molar-refractivity contribution in [3.8, 4) is 0 Å². The van der Waals surface area contributed by atoms with Gasteiger partial charge in [-0.25, -0.2) is 8.42 Å². The fraction of sp³-hybridized carbons (Fsp3) is 0.538. The van der Waals surface area contributed by atoms with E-state index in [1.807, 2.05) is 0 Å². The van der Waals surface area contributed by atoms with Gasteiger partial charge in [0, 0.05) is 18.4 Å². The number of sulfonamides is 1. The molecule has 1 aliphatic heterocycles. The number of alkyl halides is 1. The molecule has 1 aromatic carbocycles. The van der Waals surface area contributed by atoms with Crippen molar-refractivity contribution < 1.29 is 13.2 Å². The molecule has 0 aromatic heterocycles. The largest absolute Gasteiger partial charge is 0.377 e. The van der Waals surface area contributed by atoms with E-state index in [9.17, 15) is 8.42 Å². The number of rotatable bonds is 5. The molecule has 0 bridgehead atoms. The van der Waals surface area contributed by atoms with Gasteiger partial charge in [-0.2, -0.15) is 4.31 Å². The van der Waals surface area contributed by atoms with Crippen molar-refractivity contribution in [1.82, 2.24) is 4.31 Å². The number of benzene rings is 1. The molecular weight excluding hydrogens is 401 g/mol. The summed E-state index contributed by atoms with van der Waals surface area (Å²) in [6.07, 6.45) is 1.53. The molecule has 0 N–H and O–H groups in total. The number of nitrogens with zero attached hydrogens (tertiary/aromatic N) is 1. The van der Waals surface area contributed by atoms with Crippen LogP contribution < -0.4 is 0 Å². The summed E-state index contributed by atoms with van der Waals surface area (Å²) in [4.78, 5) is 0.178. The third-order valence-corrected chi connectivity index (χ3v) is 6.32. The maximum Gasteiger partial charge on any atom is 0.243 e. The number of hydrogen-bond donors (Lipinski definition) is 0. The molecule has 0 atom stereocenters. The lowest BCUT2D eigenvalue weighted by Gasteiger charge is -2.31. The van der Waals surface area contributed by atoms with Gasteiger partial charge >= 0.3 is 0 Å². The first-order chi connectivity index (χ1) is 9.95. The Balaban J connectivity index is 2.06. The second kappa shape index (κ2) is 7.62. The van der Waals surface area contributed by atoms with Crippen LogP contribution in [-0.2, 0) is 14.8 Å². The van der Waals surface area contributed by atoms with Crippen LogP contribution >= 0.6 is 39.1 Å². The van der Waals surface area contributed by atoms with Gasteiger partial charge in [0.15, 0.2) is 0 Å². The smallest absolute Gasteiger partial charge is 0.243 e. The molecule has 1 aliphatic rings. The summed E-state index contributed by atoms with van der Waals surface area (Å²) >= 11 is 15.0. The molecule has 1 aromatic rings. The first-order valence-electron chi connectivity index (χ1n) is 6.58. The Labute approximate surface area is 143 Å². The van der Waals surface area contributed by atoms with Crippen LogP contribution in [0.2, 0.25) is 10.0 Å². The van der Waals surface area contributed by atoms with Gasteiger partial charge in [-0.3, -0.25) is 0 Å². The van der Waals surface area contributed by atoms with Crippen LogP contribution in [0.4, 0.5) is 0 Å². The Morgan fingerprint density at radius 1 is 1.24 bits per heavy atom. The highest BCUT2D eigenvalue weighted by Crippen LogP contribution is 2.28. The lowest BCUT2D eigenvalue weighted by molar-refractivity contribution is 0.0309. The SMILES string of the molecule is O=S(=O)(c1ccc(Cl)c(Cl)c1)N1CCC(OCCBr)CC1. The van der Waals surface area contributed by atoms with Crippen molar-refractivity contribution in [2.45, 2.75) is 23.8 Å². The fourth-order valence-corrected chi connectivity index (χ4v) is 4.28. The molecule has 0 spiro atoms. The van der Waals surface area contributed by atoms with Gasteiger partial charge in [-0.05, 0) is 31.0 Å². The highest BCUT2D eigenvalue weighted by molar-refractivity contribution is 9.09. The van der Waals surface area contributed by atoms with Gasteiger partial charge in [0.25, 0.3) is 0 Å². The molecule has 0 saturated carbocycles. The minimum Gasteiger partial charge on any atom is -0.377 e. The molecule has 1 heterocycles. The van der Waals surface area contributed by atoms with Crippen molar-refractivity contribution in [3.63, 3.8) is 0 Å². The van der Waals surface area contributed by atoms with Crippen LogP contribution in [0.3, 0.4) is 0 Å². The van der Waals surface area contributed by atoms with Crippen LogP contribution in [0.25, 0.3) is 0 Å². The summed E-state index contributed by atoms with van der Waals surface area (Å²) < 4.78 is 32.2. The molecule has 21 heavy (non-hydrogen) atoms. The quantitative estimate of drug-likeness (QED) is 0.689. The highest BCUT2D eigenvalue weighted by Gasteiger charge is 2.29. The predicted molar refractivity (Wildman–Crippen MR) is 88.0 cm³/mol. The third kappa shape index (κ3) is 4.33. The first-order valence-corrected chi connectivity index (χ1v) is 9.89. The molecule has 4 nitrogen and oxygen atoms in total. The van der Waals surface area contributed by atoms with Crippen LogP contribution in [0, 0.1) is 0 Å². The zero-order valence-corrected chi connectivity index (χ0v) is 15.2. The van der Waals surface area contributed by atoms with Gasteiger partial charge in [-0.1, -0.05) is 39.1 Å². The standard InChI is InChI=1S/C13H16BrCl2NO3S/c14-5-8-20-10-3-6-17(7-4-10)21(18,19)11-1-2-12(15)13(16)9-11/h1-2,9-10H,3-8H2. The zero-order valence-electron chi connectivity index (χ0n) is 11.3. The lowest BCUT2D eigenvalue weighted by atomic mass is 10.1. The second-order valence-electron chi connectivity index (χ2n) is 4.74. The fourth-order valence-electron chi connectivity index (χ4n) is 2.24. The normalized spacial score (nSPS) is 18.0. The van der Waals surface area contributed by atoms with Crippen molar-refractivity contribution in [1.29, 1.82) is 0 Å². The molecule has 8 heteroatoms. The second-order valence-corrected chi connectivity index (χ2v) is 8.28. The number of ether oxygens (including phenoxy) is 1. The Morgan fingerprint density at radius 3 is 2.48 bits per heavy atom. The van der Waals surface area contributed by atoms with Gasteiger partial charge in [0.05, 0.1) is 27.7 Å². The number of piperidine rings is 1.